The van der Waals surface area contributed by atoms with E-state index in [9.17, 15) is 0 Å². The zero-order chi connectivity index (χ0) is 13.1. The number of hydrogen-bond acceptors (Lipinski definition) is 3. The Morgan fingerprint density at radius 1 is 1.44 bits per heavy atom. The second-order valence-corrected chi connectivity index (χ2v) is 4.93. The van der Waals surface area contributed by atoms with Gasteiger partial charge >= 0.3 is 0 Å². The van der Waals surface area contributed by atoms with E-state index in [4.69, 9.17) is 27.9 Å². The SMILES string of the molecule is CC(C)OCCn1c(CCl)nc2cc(Cl)cnc21. The predicted octanol–water partition coefficient (Wildman–Crippen LogP) is 3.25. The van der Waals surface area contributed by atoms with Gasteiger partial charge in [-0.15, -0.1) is 11.6 Å². The first-order valence-electron chi connectivity index (χ1n) is 5.80. The largest absolute Gasteiger partial charge is 0.377 e. The third-order valence-corrected chi connectivity index (χ3v) is 2.96. The number of alkyl halides is 1. The van der Waals surface area contributed by atoms with Crippen LogP contribution < -0.4 is 0 Å². The Morgan fingerprint density at radius 3 is 2.89 bits per heavy atom. The van der Waals surface area contributed by atoms with Gasteiger partial charge in [-0.3, -0.25) is 0 Å². The molecule has 4 nitrogen and oxygen atoms in total. The monoisotopic (exact) mass is 287 g/mol. The lowest BCUT2D eigenvalue weighted by atomic mass is 10.4. The molecule has 0 fully saturated rings. The Labute approximate surface area is 116 Å². The maximum Gasteiger partial charge on any atom is 0.160 e. The Morgan fingerprint density at radius 2 is 2.22 bits per heavy atom. The molecule has 2 rings (SSSR count). The summed E-state index contributed by atoms with van der Waals surface area (Å²) in [4.78, 5) is 8.72. The Balaban J connectivity index is 2.29. The zero-order valence-corrected chi connectivity index (χ0v) is 11.9. The lowest BCUT2D eigenvalue weighted by molar-refractivity contribution is 0.0729. The number of imidazole rings is 1. The van der Waals surface area contributed by atoms with Crippen LogP contribution >= 0.6 is 23.2 Å². The molecule has 0 atom stereocenters. The van der Waals surface area contributed by atoms with Crippen LogP contribution in [-0.2, 0) is 17.2 Å². The molecule has 0 aliphatic rings. The van der Waals surface area contributed by atoms with Crippen molar-refractivity contribution in [1.82, 2.24) is 14.5 Å². The molecule has 0 spiro atoms. The summed E-state index contributed by atoms with van der Waals surface area (Å²) in [6.45, 7) is 5.31. The number of aromatic nitrogens is 3. The molecule has 2 aromatic rings. The van der Waals surface area contributed by atoms with Crippen molar-refractivity contribution in [3.8, 4) is 0 Å². The molecule has 98 valence electrons. The van der Waals surface area contributed by atoms with Gasteiger partial charge in [0.2, 0.25) is 0 Å². The average molecular weight is 288 g/mol. The van der Waals surface area contributed by atoms with E-state index in [2.05, 4.69) is 9.97 Å². The van der Waals surface area contributed by atoms with E-state index in [-0.39, 0.29) is 6.10 Å². The fraction of sp³-hybridized carbons (Fsp3) is 0.500. The molecule has 0 unspecified atom stereocenters. The van der Waals surface area contributed by atoms with E-state index in [0.29, 0.717) is 24.1 Å². The van der Waals surface area contributed by atoms with Crippen molar-refractivity contribution in [1.29, 1.82) is 0 Å². The molecular formula is C12H15Cl2N3O. The van der Waals surface area contributed by atoms with Crippen LogP contribution in [0.25, 0.3) is 11.2 Å². The summed E-state index contributed by atoms with van der Waals surface area (Å²) >= 11 is 11.8. The molecule has 0 N–H and O–H groups in total. The summed E-state index contributed by atoms with van der Waals surface area (Å²) in [7, 11) is 0. The highest BCUT2D eigenvalue weighted by atomic mass is 35.5. The lowest BCUT2D eigenvalue weighted by Gasteiger charge is -2.10. The Kier molecular flexibility index (Phi) is 4.43. The maximum atomic E-state index is 5.90. The molecule has 0 aromatic carbocycles. The first-order chi connectivity index (χ1) is 8.61. The maximum absolute atomic E-state index is 5.90. The average Bonchev–Trinajstić information content (AvgIpc) is 2.66. The topological polar surface area (TPSA) is 39.9 Å². The minimum atomic E-state index is 0.210. The molecule has 0 aliphatic carbocycles. The summed E-state index contributed by atoms with van der Waals surface area (Å²) < 4.78 is 7.52. The highest BCUT2D eigenvalue weighted by Gasteiger charge is 2.11. The van der Waals surface area contributed by atoms with Crippen LogP contribution in [0.3, 0.4) is 0 Å². The predicted molar refractivity (Wildman–Crippen MR) is 73.2 cm³/mol. The van der Waals surface area contributed by atoms with E-state index < -0.39 is 0 Å². The van der Waals surface area contributed by atoms with E-state index in [1.54, 1.807) is 12.3 Å². The standard InChI is InChI=1S/C12H15Cl2N3O/c1-8(2)18-4-3-17-11(6-13)16-10-5-9(14)7-15-12(10)17/h5,7-8H,3-4,6H2,1-2H3. The fourth-order valence-corrected chi connectivity index (χ4v) is 2.11. The van der Waals surface area contributed by atoms with E-state index in [1.165, 1.54) is 0 Å². The second kappa shape index (κ2) is 5.87. The van der Waals surface area contributed by atoms with Gasteiger partial charge in [-0.05, 0) is 19.9 Å². The van der Waals surface area contributed by atoms with Crippen LogP contribution in [0, 0.1) is 0 Å². The highest BCUT2D eigenvalue weighted by Crippen LogP contribution is 2.19. The highest BCUT2D eigenvalue weighted by molar-refractivity contribution is 6.31. The smallest absolute Gasteiger partial charge is 0.160 e. The van der Waals surface area contributed by atoms with Crippen molar-refractivity contribution in [2.24, 2.45) is 0 Å². The van der Waals surface area contributed by atoms with Gasteiger partial charge < -0.3 is 9.30 Å². The first-order valence-corrected chi connectivity index (χ1v) is 6.71. The van der Waals surface area contributed by atoms with Gasteiger partial charge in [0.15, 0.2) is 5.65 Å². The summed E-state index contributed by atoms with van der Waals surface area (Å²) in [5, 5.41) is 0.576. The molecule has 0 aliphatic heterocycles. The molecular weight excluding hydrogens is 273 g/mol. The van der Waals surface area contributed by atoms with E-state index >= 15 is 0 Å². The van der Waals surface area contributed by atoms with Crippen molar-refractivity contribution in [3.05, 3.63) is 23.1 Å². The molecule has 0 saturated heterocycles. The summed E-state index contributed by atoms with van der Waals surface area (Å²) in [6.07, 6.45) is 1.82. The van der Waals surface area contributed by atoms with Crippen LogP contribution in [-0.4, -0.2) is 27.2 Å². The van der Waals surface area contributed by atoms with Crippen molar-refractivity contribution < 1.29 is 4.74 Å². The van der Waals surface area contributed by atoms with Crippen molar-refractivity contribution in [2.45, 2.75) is 32.4 Å². The molecule has 0 bridgehead atoms. The van der Waals surface area contributed by atoms with Crippen LogP contribution in [0.4, 0.5) is 0 Å². The van der Waals surface area contributed by atoms with Crippen LogP contribution in [0.1, 0.15) is 19.7 Å². The van der Waals surface area contributed by atoms with Gasteiger partial charge in [-0.2, -0.15) is 0 Å². The minimum Gasteiger partial charge on any atom is -0.377 e. The summed E-state index contributed by atoms with van der Waals surface area (Å²) in [6, 6.07) is 1.79. The van der Waals surface area contributed by atoms with Crippen molar-refractivity contribution in [3.63, 3.8) is 0 Å². The van der Waals surface area contributed by atoms with Gasteiger partial charge in [-0.25, -0.2) is 9.97 Å². The van der Waals surface area contributed by atoms with Crippen LogP contribution in [0.5, 0.6) is 0 Å². The van der Waals surface area contributed by atoms with Crippen LogP contribution in [0.15, 0.2) is 12.3 Å². The third-order valence-electron chi connectivity index (χ3n) is 2.52. The van der Waals surface area contributed by atoms with Crippen molar-refractivity contribution >= 4 is 34.4 Å². The van der Waals surface area contributed by atoms with Gasteiger partial charge in [0.25, 0.3) is 0 Å². The molecule has 18 heavy (non-hydrogen) atoms. The molecule has 0 radical (unpaired) electrons. The molecule has 2 heterocycles. The molecule has 2 aromatic heterocycles. The number of nitrogens with zero attached hydrogens (tertiary/aromatic N) is 3. The number of ether oxygens (including phenoxy) is 1. The molecule has 0 amide bonds. The van der Waals surface area contributed by atoms with Gasteiger partial charge in [0.1, 0.15) is 11.3 Å². The summed E-state index contributed by atoms with van der Waals surface area (Å²) in [5.74, 6) is 1.13. The minimum absolute atomic E-state index is 0.210. The molecule has 6 heteroatoms. The van der Waals surface area contributed by atoms with Gasteiger partial charge in [-0.1, -0.05) is 11.6 Å². The second-order valence-electron chi connectivity index (χ2n) is 4.23. The van der Waals surface area contributed by atoms with E-state index in [0.717, 1.165) is 17.0 Å². The number of halogens is 2. The number of rotatable bonds is 5. The molecule has 0 saturated carbocycles. The Bertz CT molecular complexity index is 539. The Hall–Kier alpha value is -0.840. The van der Waals surface area contributed by atoms with Gasteiger partial charge in [0, 0.05) is 12.7 Å². The summed E-state index contributed by atoms with van der Waals surface area (Å²) in [5.41, 5.74) is 1.56. The van der Waals surface area contributed by atoms with Crippen molar-refractivity contribution in [2.75, 3.05) is 6.61 Å². The lowest BCUT2D eigenvalue weighted by Crippen LogP contribution is -2.12. The fourth-order valence-electron chi connectivity index (χ4n) is 1.75. The number of fused-ring (bicyclic) bond motifs is 1. The van der Waals surface area contributed by atoms with E-state index in [1.807, 2.05) is 18.4 Å². The number of hydrogen-bond donors (Lipinski definition) is 0. The van der Waals surface area contributed by atoms with Gasteiger partial charge in [0.05, 0.1) is 23.6 Å². The third kappa shape index (κ3) is 2.94. The van der Waals surface area contributed by atoms with Crippen LogP contribution in [0.2, 0.25) is 5.02 Å². The number of pyridine rings is 1. The quantitative estimate of drug-likeness (QED) is 0.793. The first kappa shape index (κ1) is 13.6. The normalized spacial score (nSPS) is 11.6. The zero-order valence-electron chi connectivity index (χ0n) is 10.4.